The van der Waals surface area contributed by atoms with Gasteiger partial charge in [0.15, 0.2) is 0 Å². The summed E-state index contributed by atoms with van der Waals surface area (Å²) in [5.74, 6) is 0. The summed E-state index contributed by atoms with van der Waals surface area (Å²) < 4.78 is 2.20. The highest BCUT2D eigenvalue weighted by atomic mass is 15.1. The summed E-state index contributed by atoms with van der Waals surface area (Å²) in [7, 11) is 0. The quantitative estimate of drug-likeness (QED) is 0.769. The Bertz CT molecular complexity index is 250. The van der Waals surface area contributed by atoms with Gasteiger partial charge in [-0.3, -0.25) is 0 Å². The maximum absolute atomic E-state index is 5.71. The van der Waals surface area contributed by atoms with E-state index in [0.29, 0.717) is 6.04 Å². The molecule has 1 unspecified atom stereocenters. The molecule has 0 radical (unpaired) electrons. The maximum atomic E-state index is 5.71. The topological polar surface area (TPSA) is 43.8 Å². The van der Waals surface area contributed by atoms with Gasteiger partial charge >= 0.3 is 0 Å². The number of aryl methyl sites for hydroxylation is 1. The van der Waals surface area contributed by atoms with Gasteiger partial charge in [-0.15, -0.1) is 0 Å². The number of nitrogens with two attached hydrogens (primary N) is 1. The standard InChI is InChI=1S/C10H19N3/c1-8(2)13-7-12-6-10(13)5-4-9(3)11/h6-9H,4-5,11H2,1-3H3. The van der Waals surface area contributed by atoms with Gasteiger partial charge in [0.05, 0.1) is 6.33 Å². The molecule has 0 bridgehead atoms. The minimum atomic E-state index is 0.274. The van der Waals surface area contributed by atoms with Crippen LogP contribution in [0.2, 0.25) is 0 Å². The fourth-order valence-electron chi connectivity index (χ4n) is 1.37. The minimum absolute atomic E-state index is 0.274. The van der Waals surface area contributed by atoms with Crippen LogP contribution in [0.1, 0.15) is 38.9 Å². The van der Waals surface area contributed by atoms with Crippen molar-refractivity contribution in [3.05, 3.63) is 18.2 Å². The number of hydrogen-bond acceptors (Lipinski definition) is 2. The molecule has 3 nitrogen and oxygen atoms in total. The highest BCUT2D eigenvalue weighted by Gasteiger charge is 2.05. The van der Waals surface area contributed by atoms with Crippen molar-refractivity contribution < 1.29 is 0 Å². The third-order valence-electron chi connectivity index (χ3n) is 2.16. The van der Waals surface area contributed by atoms with Crippen LogP contribution in [-0.4, -0.2) is 15.6 Å². The van der Waals surface area contributed by atoms with E-state index in [9.17, 15) is 0 Å². The molecule has 3 heteroatoms. The van der Waals surface area contributed by atoms with Gasteiger partial charge in [-0.05, 0) is 33.6 Å². The van der Waals surface area contributed by atoms with Gasteiger partial charge in [0.1, 0.15) is 0 Å². The Morgan fingerprint density at radius 2 is 2.15 bits per heavy atom. The Labute approximate surface area is 80.0 Å². The van der Waals surface area contributed by atoms with Crippen LogP contribution in [0.5, 0.6) is 0 Å². The van der Waals surface area contributed by atoms with E-state index in [1.54, 1.807) is 0 Å². The smallest absolute Gasteiger partial charge is 0.0950 e. The molecule has 0 fully saturated rings. The second-order valence-corrected chi connectivity index (χ2v) is 3.90. The summed E-state index contributed by atoms with van der Waals surface area (Å²) in [6.07, 6.45) is 5.87. The van der Waals surface area contributed by atoms with Crippen LogP contribution in [0, 0.1) is 0 Å². The van der Waals surface area contributed by atoms with Crippen molar-refractivity contribution in [2.75, 3.05) is 0 Å². The van der Waals surface area contributed by atoms with Crippen molar-refractivity contribution in [1.82, 2.24) is 9.55 Å². The molecule has 1 rings (SSSR count). The van der Waals surface area contributed by atoms with Crippen molar-refractivity contribution in [2.45, 2.75) is 45.7 Å². The van der Waals surface area contributed by atoms with Crippen LogP contribution in [0.4, 0.5) is 0 Å². The van der Waals surface area contributed by atoms with E-state index < -0.39 is 0 Å². The molecule has 1 aromatic rings. The van der Waals surface area contributed by atoms with E-state index in [4.69, 9.17) is 5.73 Å². The van der Waals surface area contributed by atoms with Crippen molar-refractivity contribution >= 4 is 0 Å². The predicted octanol–water partition coefficient (Wildman–Crippen LogP) is 1.74. The predicted molar refractivity (Wildman–Crippen MR) is 54.6 cm³/mol. The molecule has 0 amide bonds. The van der Waals surface area contributed by atoms with Gasteiger partial charge in [-0.25, -0.2) is 4.98 Å². The number of nitrogens with zero attached hydrogens (tertiary/aromatic N) is 2. The summed E-state index contributed by atoms with van der Waals surface area (Å²) in [6.45, 7) is 6.37. The Balaban J connectivity index is 2.60. The summed E-state index contributed by atoms with van der Waals surface area (Å²) >= 11 is 0. The Morgan fingerprint density at radius 1 is 1.46 bits per heavy atom. The van der Waals surface area contributed by atoms with E-state index >= 15 is 0 Å². The second kappa shape index (κ2) is 4.42. The first-order chi connectivity index (χ1) is 6.11. The zero-order valence-electron chi connectivity index (χ0n) is 8.70. The molecule has 1 heterocycles. The van der Waals surface area contributed by atoms with E-state index in [1.165, 1.54) is 5.69 Å². The molecule has 13 heavy (non-hydrogen) atoms. The normalized spacial score (nSPS) is 13.6. The number of imidazole rings is 1. The summed E-state index contributed by atoms with van der Waals surface area (Å²) in [4.78, 5) is 4.14. The van der Waals surface area contributed by atoms with Gasteiger partial charge < -0.3 is 10.3 Å². The van der Waals surface area contributed by atoms with Gasteiger partial charge in [0, 0.05) is 24.0 Å². The SMILES string of the molecule is CC(N)CCc1cncn1C(C)C. The minimum Gasteiger partial charge on any atom is -0.332 e. The molecular weight excluding hydrogens is 162 g/mol. The first-order valence-corrected chi connectivity index (χ1v) is 4.87. The molecule has 0 spiro atoms. The third kappa shape index (κ3) is 2.84. The van der Waals surface area contributed by atoms with Gasteiger partial charge in [0.2, 0.25) is 0 Å². The van der Waals surface area contributed by atoms with Crippen LogP contribution in [0.25, 0.3) is 0 Å². The largest absolute Gasteiger partial charge is 0.332 e. The van der Waals surface area contributed by atoms with Crippen LogP contribution >= 0.6 is 0 Å². The van der Waals surface area contributed by atoms with Gasteiger partial charge in [0.25, 0.3) is 0 Å². The van der Waals surface area contributed by atoms with E-state index in [-0.39, 0.29) is 6.04 Å². The van der Waals surface area contributed by atoms with E-state index in [2.05, 4.69) is 23.4 Å². The maximum Gasteiger partial charge on any atom is 0.0950 e. The summed E-state index contributed by atoms with van der Waals surface area (Å²) in [6, 6.07) is 0.765. The lowest BCUT2D eigenvalue weighted by Gasteiger charge is -2.12. The molecule has 74 valence electrons. The summed E-state index contributed by atoms with van der Waals surface area (Å²) in [5, 5.41) is 0. The van der Waals surface area contributed by atoms with Crippen LogP contribution < -0.4 is 5.73 Å². The lowest BCUT2D eigenvalue weighted by atomic mass is 10.1. The summed E-state index contributed by atoms with van der Waals surface area (Å²) in [5.41, 5.74) is 6.99. The Kier molecular flexibility index (Phi) is 3.48. The Morgan fingerprint density at radius 3 is 2.69 bits per heavy atom. The molecule has 0 aromatic carbocycles. The van der Waals surface area contributed by atoms with E-state index in [0.717, 1.165) is 12.8 Å². The van der Waals surface area contributed by atoms with Crippen molar-refractivity contribution in [2.24, 2.45) is 5.73 Å². The third-order valence-corrected chi connectivity index (χ3v) is 2.16. The number of rotatable bonds is 4. The van der Waals surface area contributed by atoms with E-state index in [1.807, 2.05) is 19.4 Å². The first kappa shape index (κ1) is 10.3. The fraction of sp³-hybridized carbons (Fsp3) is 0.700. The first-order valence-electron chi connectivity index (χ1n) is 4.87. The molecule has 0 saturated carbocycles. The molecule has 0 aliphatic heterocycles. The molecule has 0 saturated heterocycles. The zero-order valence-corrected chi connectivity index (χ0v) is 8.70. The highest BCUT2D eigenvalue weighted by Crippen LogP contribution is 2.10. The average molecular weight is 181 g/mol. The number of hydrogen-bond donors (Lipinski definition) is 1. The van der Waals surface area contributed by atoms with Crippen LogP contribution in [0.15, 0.2) is 12.5 Å². The lowest BCUT2D eigenvalue weighted by molar-refractivity contribution is 0.555. The lowest BCUT2D eigenvalue weighted by Crippen LogP contribution is -2.16. The molecule has 1 atom stereocenters. The fourth-order valence-corrected chi connectivity index (χ4v) is 1.37. The van der Waals surface area contributed by atoms with Gasteiger partial charge in [-0.2, -0.15) is 0 Å². The molecule has 0 aliphatic carbocycles. The Hall–Kier alpha value is -0.830. The van der Waals surface area contributed by atoms with Crippen molar-refractivity contribution in [1.29, 1.82) is 0 Å². The highest BCUT2D eigenvalue weighted by molar-refractivity contribution is 5.00. The molecule has 2 N–H and O–H groups in total. The molecule has 1 aromatic heterocycles. The second-order valence-electron chi connectivity index (χ2n) is 3.90. The average Bonchev–Trinajstić information content (AvgIpc) is 2.47. The van der Waals surface area contributed by atoms with Crippen LogP contribution in [-0.2, 0) is 6.42 Å². The molecular formula is C10H19N3. The van der Waals surface area contributed by atoms with Crippen molar-refractivity contribution in [3.8, 4) is 0 Å². The van der Waals surface area contributed by atoms with Crippen molar-refractivity contribution in [3.63, 3.8) is 0 Å². The molecule has 0 aliphatic rings. The monoisotopic (exact) mass is 181 g/mol. The van der Waals surface area contributed by atoms with Gasteiger partial charge in [-0.1, -0.05) is 0 Å². The van der Waals surface area contributed by atoms with Crippen LogP contribution in [0.3, 0.4) is 0 Å². The number of aromatic nitrogens is 2. The zero-order chi connectivity index (χ0) is 9.84.